The number of carbonyl (C=O) groups is 3. The predicted molar refractivity (Wildman–Crippen MR) is 70.0 cm³/mol. The molecule has 19 heavy (non-hydrogen) atoms. The molecule has 102 valence electrons. The Morgan fingerprint density at radius 2 is 1.79 bits per heavy atom. The fraction of sp³-hybridized carbons (Fsp3) is 0.357. The largest absolute Gasteiger partial charge is 0.426 e. The Kier molecular flexibility index (Phi) is 5.73. The fourth-order valence-corrected chi connectivity index (χ4v) is 1.44. The summed E-state index contributed by atoms with van der Waals surface area (Å²) in [4.78, 5) is 33.5. The summed E-state index contributed by atoms with van der Waals surface area (Å²) in [5.41, 5.74) is 0.598. The van der Waals surface area contributed by atoms with Crippen LogP contribution in [0, 0.1) is 0 Å². The summed E-state index contributed by atoms with van der Waals surface area (Å²) in [6.45, 7) is 3.42. The number of carbonyl (C=O) groups excluding carboxylic acids is 3. The average molecular weight is 263 g/mol. The van der Waals surface area contributed by atoms with Gasteiger partial charge in [0.25, 0.3) is 0 Å². The minimum absolute atomic E-state index is 0.0449. The van der Waals surface area contributed by atoms with Crippen LogP contribution in [0.25, 0.3) is 0 Å². The number of esters is 1. The molecule has 0 saturated carbocycles. The number of ether oxygens (including phenoxy) is 1. The lowest BCUT2D eigenvalue weighted by Gasteiger charge is -2.05. The first-order chi connectivity index (χ1) is 9.02. The van der Waals surface area contributed by atoms with Gasteiger partial charge in [-0.05, 0) is 24.3 Å². The number of rotatable bonds is 6. The van der Waals surface area contributed by atoms with E-state index in [0.29, 0.717) is 17.7 Å². The Balaban J connectivity index is 2.46. The molecule has 0 atom stereocenters. The molecule has 0 aromatic heterocycles. The molecule has 1 amide bonds. The maximum Gasteiger partial charge on any atom is 0.312 e. The van der Waals surface area contributed by atoms with E-state index in [4.69, 9.17) is 4.74 Å². The third-order valence-electron chi connectivity index (χ3n) is 2.43. The zero-order valence-corrected chi connectivity index (χ0v) is 11.1. The molecular formula is C14H17NO4. The molecule has 0 aliphatic carbocycles. The van der Waals surface area contributed by atoms with E-state index in [1.807, 2.05) is 0 Å². The molecule has 5 heteroatoms. The van der Waals surface area contributed by atoms with E-state index in [1.54, 1.807) is 31.2 Å². The fourth-order valence-electron chi connectivity index (χ4n) is 1.44. The third kappa shape index (κ3) is 5.33. The second-order valence-corrected chi connectivity index (χ2v) is 4.01. The molecule has 1 N–H and O–H groups in total. The smallest absolute Gasteiger partial charge is 0.312 e. The van der Waals surface area contributed by atoms with E-state index in [0.717, 1.165) is 0 Å². The molecule has 1 aromatic carbocycles. The highest BCUT2D eigenvalue weighted by Gasteiger charge is 2.07. The highest BCUT2D eigenvalue weighted by molar-refractivity contribution is 5.95. The van der Waals surface area contributed by atoms with Crippen LogP contribution in [0.4, 0.5) is 0 Å². The number of hydrogen-bond donors (Lipinski definition) is 1. The third-order valence-corrected chi connectivity index (χ3v) is 2.43. The van der Waals surface area contributed by atoms with Crippen LogP contribution >= 0.6 is 0 Å². The summed E-state index contributed by atoms with van der Waals surface area (Å²) >= 11 is 0. The number of nitrogens with one attached hydrogen (secondary N) is 1. The molecular weight excluding hydrogens is 246 g/mol. The van der Waals surface area contributed by atoms with Crippen LogP contribution in [0.2, 0.25) is 0 Å². The van der Waals surface area contributed by atoms with Gasteiger partial charge in [0.2, 0.25) is 5.91 Å². The van der Waals surface area contributed by atoms with Gasteiger partial charge >= 0.3 is 5.97 Å². The van der Waals surface area contributed by atoms with Crippen molar-refractivity contribution in [1.29, 1.82) is 0 Å². The molecule has 0 saturated heterocycles. The number of Topliss-reactive ketones (excluding diaryl/α,β-unsaturated/α-hetero) is 1. The summed E-state index contributed by atoms with van der Waals surface area (Å²) in [6, 6.07) is 6.42. The van der Waals surface area contributed by atoms with Crippen LogP contribution in [0.5, 0.6) is 5.75 Å². The van der Waals surface area contributed by atoms with Gasteiger partial charge in [-0.3, -0.25) is 14.4 Å². The van der Waals surface area contributed by atoms with Gasteiger partial charge in [0, 0.05) is 25.5 Å². The number of ketones is 1. The van der Waals surface area contributed by atoms with Gasteiger partial charge in [-0.25, -0.2) is 0 Å². The second-order valence-electron chi connectivity index (χ2n) is 4.01. The number of amides is 1. The number of hydrogen-bond acceptors (Lipinski definition) is 4. The van der Waals surface area contributed by atoms with Gasteiger partial charge in [-0.15, -0.1) is 0 Å². The molecule has 0 unspecified atom stereocenters. The van der Waals surface area contributed by atoms with Crippen molar-refractivity contribution in [2.45, 2.75) is 26.7 Å². The van der Waals surface area contributed by atoms with Crippen molar-refractivity contribution in [3.05, 3.63) is 29.8 Å². The first kappa shape index (κ1) is 14.9. The molecule has 0 fully saturated rings. The predicted octanol–water partition coefficient (Wildman–Crippen LogP) is 1.71. The highest BCUT2D eigenvalue weighted by atomic mass is 16.5. The van der Waals surface area contributed by atoms with E-state index in [9.17, 15) is 14.4 Å². The lowest BCUT2D eigenvalue weighted by molar-refractivity contribution is -0.134. The van der Waals surface area contributed by atoms with Gasteiger partial charge in [0.05, 0.1) is 6.42 Å². The Morgan fingerprint density at radius 1 is 1.16 bits per heavy atom. The van der Waals surface area contributed by atoms with Crippen molar-refractivity contribution in [3.63, 3.8) is 0 Å². The first-order valence-electron chi connectivity index (χ1n) is 6.11. The van der Waals surface area contributed by atoms with Gasteiger partial charge < -0.3 is 10.1 Å². The minimum Gasteiger partial charge on any atom is -0.426 e. The lowest BCUT2D eigenvalue weighted by Crippen LogP contribution is -2.24. The maximum absolute atomic E-state index is 11.4. The van der Waals surface area contributed by atoms with Crippen molar-refractivity contribution in [2.24, 2.45) is 0 Å². The van der Waals surface area contributed by atoms with Crippen LogP contribution in [0.3, 0.4) is 0 Å². The van der Waals surface area contributed by atoms with Gasteiger partial charge in [0.1, 0.15) is 5.75 Å². The molecule has 1 aromatic rings. The molecule has 5 nitrogen and oxygen atoms in total. The van der Waals surface area contributed by atoms with Crippen molar-refractivity contribution in [3.8, 4) is 5.75 Å². The summed E-state index contributed by atoms with van der Waals surface area (Å²) in [5.74, 6) is -0.178. The van der Waals surface area contributed by atoms with Gasteiger partial charge in [-0.1, -0.05) is 6.92 Å². The van der Waals surface area contributed by atoms with E-state index < -0.39 is 5.97 Å². The van der Waals surface area contributed by atoms with Crippen LogP contribution in [-0.2, 0) is 9.59 Å². The number of benzene rings is 1. The Labute approximate surface area is 111 Å². The van der Waals surface area contributed by atoms with Crippen molar-refractivity contribution < 1.29 is 19.1 Å². The monoisotopic (exact) mass is 263 g/mol. The first-order valence-corrected chi connectivity index (χ1v) is 6.11. The highest BCUT2D eigenvalue weighted by Crippen LogP contribution is 2.14. The summed E-state index contributed by atoms with van der Waals surface area (Å²) in [5, 5.41) is 2.51. The summed E-state index contributed by atoms with van der Waals surface area (Å²) < 4.78 is 5.06. The van der Waals surface area contributed by atoms with E-state index >= 15 is 0 Å². The molecule has 0 bridgehead atoms. The lowest BCUT2D eigenvalue weighted by atomic mass is 10.1. The zero-order valence-electron chi connectivity index (χ0n) is 11.1. The molecule has 0 heterocycles. The van der Waals surface area contributed by atoms with Crippen molar-refractivity contribution in [1.82, 2.24) is 5.32 Å². The molecule has 0 spiro atoms. The minimum atomic E-state index is -0.427. The van der Waals surface area contributed by atoms with Crippen molar-refractivity contribution >= 4 is 17.7 Å². The van der Waals surface area contributed by atoms with Crippen LogP contribution in [0.15, 0.2) is 24.3 Å². The Bertz CT molecular complexity index is 465. The zero-order chi connectivity index (χ0) is 14.3. The topological polar surface area (TPSA) is 72.5 Å². The van der Waals surface area contributed by atoms with E-state index in [1.165, 1.54) is 6.92 Å². The summed E-state index contributed by atoms with van der Waals surface area (Å²) in [7, 11) is 0. The van der Waals surface area contributed by atoms with Gasteiger partial charge in [0.15, 0.2) is 5.78 Å². The van der Waals surface area contributed by atoms with Crippen LogP contribution in [-0.4, -0.2) is 24.2 Å². The molecule has 0 aliphatic heterocycles. The normalized spacial score (nSPS) is 9.79. The Hall–Kier alpha value is -2.17. The molecule has 0 radical (unpaired) electrons. The standard InChI is InChI=1S/C14H17NO4/c1-3-13(17)11-4-6-12(7-5-11)19-14(18)8-9-15-10(2)16/h4-7H,3,8-9H2,1-2H3,(H,15,16). The van der Waals surface area contributed by atoms with E-state index in [2.05, 4.69) is 5.32 Å². The Morgan fingerprint density at radius 3 is 2.32 bits per heavy atom. The second kappa shape index (κ2) is 7.31. The van der Waals surface area contributed by atoms with Crippen LogP contribution < -0.4 is 10.1 Å². The average Bonchev–Trinajstić information content (AvgIpc) is 2.38. The maximum atomic E-state index is 11.4. The molecule has 1 rings (SSSR count). The quantitative estimate of drug-likeness (QED) is 0.482. The molecule has 0 aliphatic rings. The SMILES string of the molecule is CCC(=O)c1ccc(OC(=O)CCNC(C)=O)cc1. The van der Waals surface area contributed by atoms with Gasteiger partial charge in [-0.2, -0.15) is 0 Å². The van der Waals surface area contributed by atoms with Crippen LogP contribution in [0.1, 0.15) is 37.0 Å². The van der Waals surface area contributed by atoms with Crippen molar-refractivity contribution in [2.75, 3.05) is 6.54 Å². The summed E-state index contributed by atoms with van der Waals surface area (Å²) in [6.07, 6.45) is 0.547. The van der Waals surface area contributed by atoms with E-state index in [-0.39, 0.29) is 24.7 Å².